The van der Waals surface area contributed by atoms with E-state index in [1.165, 1.54) is 6.20 Å². The predicted octanol–water partition coefficient (Wildman–Crippen LogP) is 3.78. The largest absolute Gasteiger partial charge is 0.465 e. The maximum atomic E-state index is 12.3. The van der Waals surface area contributed by atoms with Crippen LogP contribution in [0.3, 0.4) is 0 Å². The molecular formula is C23H29N3O6. The zero-order valence-corrected chi connectivity index (χ0v) is 19.0. The molecule has 1 aromatic carbocycles. The van der Waals surface area contributed by atoms with Crippen LogP contribution in [-0.4, -0.2) is 46.8 Å². The van der Waals surface area contributed by atoms with Gasteiger partial charge in [-0.25, -0.2) is 14.8 Å². The predicted molar refractivity (Wildman–Crippen MR) is 118 cm³/mol. The summed E-state index contributed by atoms with van der Waals surface area (Å²) in [6, 6.07) is 9.15. The summed E-state index contributed by atoms with van der Waals surface area (Å²) in [7, 11) is 0. The Hall–Kier alpha value is -3.49. The van der Waals surface area contributed by atoms with Crippen LogP contribution in [0.2, 0.25) is 0 Å². The fourth-order valence-electron chi connectivity index (χ4n) is 2.77. The number of amides is 1. The van der Waals surface area contributed by atoms with Crippen LogP contribution in [0.4, 0.5) is 10.5 Å². The van der Waals surface area contributed by atoms with Gasteiger partial charge in [-0.3, -0.25) is 14.9 Å². The molecule has 1 heterocycles. The third-order valence-electron chi connectivity index (χ3n) is 4.05. The molecule has 1 amide bonds. The molecule has 0 aliphatic carbocycles. The lowest BCUT2D eigenvalue weighted by Crippen LogP contribution is -2.31. The molecule has 2 aromatic rings. The number of rotatable bonds is 8. The van der Waals surface area contributed by atoms with Gasteiger partial charge in [-0.15, -0.1) is 0 Å². The van der Waals surface area contributed by atoms with Crippen LogP contribution in [0.25, 0.3) is 11.3 Å². The van der Waals surface area contributed by atoms with Gasteiger partial charge in [0.15, 0.2) is 5.92 Å². The fourth-order valence-corrected chi connectivity index (χ4v) is 2.77. The Morgan fingerprint density at radius 3 is 2.12 bits per heavy atom. The molecule has 1 N–H and O–H groups in total. The lowest BCUT2D eigenvalue weighted by Gasteiger charge is -2.20. The van der Waals surface area contributed by atoms with Crippen LogP contribution >= 0.6 is 0 Å². The number of carbonyl (C=O) groups is 3. The van der Waals surface area contributed by atoms with E-state index in [1.54, 1.807) is 34.6 Å². The van der Waals surface area contributed by atoms with Gasteiger partial charge in [0.05, 0.1) is 30.8 Å². The first-order chi connectivity index (χ1) is 15.1. The third kappa shape index (κ3) is 7.33. The molecule has 0 bridgehead atoms. The number of ether oxygens (including phenoxy) is 3. The molecule has 0 aliphatic rings. The van der Waals surface area contributed by atoms with E-state index in [0.717, 1.165) is 0 Å². The van der Waals surface area contributed by atoms with Crippen LogP contribution in [0.1, 0.15) is 40.4 Å². The van der Waals surface area contributed by atoms with Crippen molar-refractivity contribution in [2.45, 2.75) is 46.6 Å². The van der Waals surface area contributed by atoms with E-state index in [-0.39, 0.29) is 25.5 Å². The minimum Gasteiger partial charge on any atom is -0.465 e. The number of hydrogen-bond acceptors (Lipinski definition) is 8. The molecule has 32 heavy (non-hydrogen) atoms. The molecule has 0 aliphatic heterocycles. The number of anilines is 1. The van der Waals surface area contributed by atoms with Gasteiger partial charge in [-0.2, -0.15) is 0 Å². The lowest BCUT2D eigenvalue weighted by atomic mass is 10.0. The quantitative estimate of drug-likeness (QED) is 0.372. The Balaban J connectivity index is 2.39. The van der Waals surface area contributed by atoms with Crippen molar-refractivity contribution in [1.82, 2.24) is 9.97 Å². The Kier molecular flexibility index (Phi) is 8.69. The van der Waals surface area contributed by atoms with Gasteiger partial charge >= 0.3 is 18.0 Å². The summed E-state index contributed by atoms with van der Waals surface area (Å²) in [6.07, 6.45) is 0.661. The summed E-state index contributed by atoms with van der Waals surface area (Å²) < 4.78 is 15.3. The zero-order valence-electron chi connectivity index (χ0n) is 19.0. The average Bonchev–Trinajstić information content (AvgIpc) is 2.72. The molecular weight excluding hydrogens is 414 g/mol. The minimum absolute atomic E-state index is 0.107. The van der Waals surface area contributed by atoms with Crippen molar-refractivity contribution in [1.29, 1.82) is 0 Å². The number of nitrogens with one attached hydrogen (secondary N) is 1. The summed E-state index contributed by atoms with van der Waals surface area (Å²) in [4.78, 5) is 45.7. The van der Waals surface area contributed by atoms with Crippen LogP contribution in [0.5, 0.6) is 0 Å². The van der Waals surface area contributed by atoms with Gasteiger partial charge in [-0.05, 0) is 34.6 Å². The first-order valence-corrected chi connectivity index (χ1v) is 10.4. The second-order valence-corrected chi connectivity index (χ2v) is 7.80. The average molecular weight is 444 g/mol. The van der Waals surface area contributed by atoms with E-state index in [4.69, 9.17) is 14.2 Å². The Labute approximate surface area is 187 Å². The van der Waals surface area contributed by atoms with E-state index >= 15 is 0 Å². The van der Waals surface area contributed by atoms with Crippen molar-refractivity contribution in [2.75, 3.05) is 18.5 Å². The third-order valence-corrected chi connectivity index (χ3v) is 4.05. The van der Waals surface area contributed by atoms with Crippen molar-refractivity contribution < 1.29 is 28.6 Å². The molecule has 1 aromatic heterocycles. The maximum Gasteiger partial charge on any atom is 0.412 e. The first-order valence-electron chi connectivity index (χ1n) is 10.4. The highest BCUT2D eigenvalue weighted by atomic mass is 16.6. The number of aromatic nitrogens is 2. The highest BCUT2D eigenvalue weighted by Gasteiger charge is 2.31. The van der Waals surface area contributed by atoms with E-state index in [0.29, 0.717) is 16.9 Å². The highest BCUT2D eigenvalue weighted by Crippen LogP contribution is 2.26. The van der Waals surface area contributed by atoms with Crippen LogP contribution in [0, 0.1) is 5.92 Å². The molecule has 0 saturated heterocycles. The number of nitrogens with zero attached hydrogens (tertiary/aromatic N) is 2. The zero-order chi connectivity index (χ0) is 23.7. The first kappa shape index (κ1) is 24.8. The van der Waals surface area contributed by atoms with Crippen LogP contribution < -0.4 is 5.32 Å². The fraction of sp³-hybridized carbons (Fsp3) is 0.435. The van der Waals surface area contributed by atoms with Crippen molar-refractivity contribution in [2.24, 2.45) is 5.92 Å². The summed E-state index contributed by atoms with van der Waals surface area (Å²) in [6.45, 7) is 8.84. The maximum absolute atomic E-state index is 12.3. The van der Waals surface area contributed by atoms with E-state index in [2.05, 4.69) is 15.3 Å². The summed E-state index contributed by atoms with van der Waals surface area (Å²) in [5, 5.41) is 2.66. The van der Waals surface area contributed by atoms with E-state index < -0.39 is 29.6 Å². The number of benzene rings is 1. The molecule has 0 radical (unpaired) electrons. The molecule has 9 nitrogen and oxygen atoms in total. The van der Waals surface area contributed by atoms with Crippen LogP contribution in [0.15, 0.2) is 36.5 Å². The summed E-state index contributed by atoms with van der Waals surface area (Å²) in [5.41, 5.74) is 0.793. The SMILES string of the molecule is CCOC(=O)C(Cc1ncc(NC(=O)OC(C)(C)C)c(-c2ccccc2)n1)C(=O)OCC. The second kappa shape index (κ2) is 11.2. The minimum atomic E-state index is -1.19. The highest BCUT2D eigenvalue weighted by molar-refractivity contribution is 5.95. The topological polar surface area (TPSA) is 117 Å². The molecule has 0 saturated carbocycles. The van der Waals surface area contributed by atoms with Crippen molar-refractivity contribution >= 4 is 23.7 Å². The molecule has 9 heteroatoms. The van der Waals surface area contributed by atoms with Crippen molar-refractivity contribution in [3.05, 3.63) is 42.4 Å². The molecule has 2 rings (SSSR count). The Bertz CT molecular complexity index is 922. The smallest absolute Gasteiger partial charge is 0.412 e. The van der Waals surface area contributed by atoms with Gasteiger partial charge in [0, 0.05) is 12.0 Å². The molecule has 0 spiro atoms. The second-order valence-electron chi connectivity index (χ2n) is 7.80. The molecule has 0 unspecified atom stereocenters. The number of esters is 2. The summed E-state index contributed by atoms with van der Waals surface area (Å²) >= 11 is 0. The van der Waals surface area contributed by atoms with Gasteiger partial charge in [0.2, 0.25) is 0 Å². The van der Waals surface area contributed by atoms with E-state index in [9.17, 15) is 14.4 Å². The molecule has 172 valence electrons. The molecule has 0 atom stereocenters. The monoisotopic (exact) mass is 443 g/mol. The normalized spacial score (nSPS) is 11.1. The standard InChI is InChI=1S/C23H29N3O6/c1-6-30-20(27)16(21(28)31-7-2)13-18-24-14-17(25-22(29)32-23(3,4)5)19(26-18)15-11-9-8-10-12-15/h8-12,14,16H,6-7,13H2,1-5H3,(H,25,29). The van der Waals surface area contributed by atoms with E-state index in [1.807, 2.05) is 30.3 Å². The number of hydrogen-bond donors (Lipinski definition) is 1. The van der Waals surface area contributed by atoms with Crippen molar-refractivity contribution in [3.63, 3.8) is 0 Å². The number of carbonyl (C=O) groups excluding carboxylic acids is 3. The lowest BCUT2D eigenvalue weighted by molar-refractivity contribution is -0.161. The van der Waals surface area contributed by atoms with Gasteiger partial charge in [0.25, 0.3) is 0 Å². The summed E-state index contributed by atoms with van der Waals surface area (Å²) in [5.74, 6) is -2.37. The Morgan fingerprint density at radius 2 is 1.59 bits per heavy atom. The van der Waals surface area contributed by atoms with Gasteiger partial charge < -0.3 is 14.2 Å². The Morgan fingerprint density at radius 1 is 1.00 bits per heavy atom. The van der Waals surface area contributed by atoms with Gasteiger partial charge in [-0.1, -0.05) is 30.3 Å². The van der Waals surface area contributed by atoms with Crippen molar-refractivity contribution in [3.8, 4) is 11.3 Å². The molecule has 0 fully saturated rings. The van der Waals surface area contributed by atoms with Gasteiger partial charge in [0.1, 0.15) is 11.4 Å². The van der Waals surface area contributed by atoms with Crippen LogP contribution in [-0.2, 0) is 30.2 Å².